The zero-order valence-corrected chi connectivity index (χ0v) is 16.5. The van der Waals surface area contributed by atoms with Crippen LogP contribution in [0.1, 0.15) is 51.9 Å². The van der Waals surface area contributed by atoms with Crippen LogP contribution in [0.3, 0.4) is 0 Å². The molecule has 4 heteroatoms. The zero-order valence-electron chi connectivity index (χ0n) is 16.5. The van der Waals surface area contributed by atoms with Crippen LogP contribution in [-0.4, -0.2) is 29.8 Å². The van der Waals surface area contributed by atoms with E-state index in [4.69, 9.17) is 0 Å². The molecule has 1 saturated heterocycles. The van der Waals surface area contributed by atoms with Gasteiger partial charge in [0.1, 0.15) is 0 Å². The van der Waals surface area contributed by atoms with Crippen LogP contribution in [0.2, 0.25) is 0 Å². The second kappa shape index (κ2) is 8.38. The summed E-state index contributed by atoms with van der Waals surface area (Å²) in [4.78, 5) is 27.3. The Kier molecular flexibility index (Phi) is 5.94. The van der Waals surface area contributed by atoms with Gasteiger partial charge in [0.15, 0.2) is 0 Å². The molecule has 3 rings (SSSR count). The molecular weight excluding hydrogens is 336 g/mol. The minimum Gasteiger partial charge on any atom is -0.339 e. The average Bonchev–Trinajstić information content (AvgIpc) is 3.15. The highest BCUT2D eigenvalue weighted by molar-refractivity contribution is 6.05. The van der Waals surface area contributed by atoms with Crippen LogP contribution in [0, 0.1) is 20.8 Å². The Hall–Kier alpha value is -2.62. The molecule has 0 spiro atoms. The molecule has 0 atom stereocenters. The van der Waals surface area contributed by atoms with E-state index in [0.717, 1.165) is 31.5 Å². The first-order chi connectivity index (χ1) is 13.0. The summed E-state index contributed by atoms with van der Waals surface area (Å²) in [5, 5.41) is 2.97. The van der Waals surface area contributed by atoms with Gasteiger partial charge in [0.05, 0.1) is 11.3 Å². The van der Waals surface area contributed by atoms with Gasteiger partial charge in [-0.1, -0.05) is 35.9 Å². The summed E-state index contributed by atoms with van der Waals surface area (Å²) < 4.78 is 0. The number of hydrogen-bond acceptors (Lipinski definition) is 2. The van der Waals surface area contributed by atoms with Crippen molar-refractivity contribution >= 4 is 17.5 Å². The van der Waals surface area contributed by atoms with Gasteiger partial charge in [0.2, 0.25) is 5.91 Å². The van der Waals surface area contributed by atoms with Gasteiger partial charge in [0, 0.05) is 19.5 Å². The van der Waals surface area contributed by atoms with Crippen LogP contribution < -0.4 is 5.32 Å². The van der Waals surface area contributed by atoms with Crippen molar-refractivity contribution in [1.29, 1.82) is 0 Å². The van der Waals surface area contributed by atoms with E-state index in [1.807, 2.05) is 30.0 Å². The van der Waals surface area contributed by atoms with E-state index >= 15 is 0 Å². The third-order valence-electron chi connectivity index (χ3n) is 5.27. The number of benzene rings is 2. The number of nitrogens with zero attached hydrogens (tertiary/aromatic N) is 1. The summed E-state index contributed by atoms with van der Waals surface area (Å²) in [6.07, 6.45) is 3.19. The van der Waals surface area contributed by atoms with E-state index in [1.54, 1.807) is 0 Å². The van der Waals surface area contributed by atoms with Crippen molar-refractivity contribution in [2.45, 2.75) is 46.5 Å². The summed E-state index contributed by atoms with van der Waals surface area (Å²) in [6.45, 7) is 7.67. The van der Waals surface area contributed by atoms with E-state index in [2.05, 4.69) is 37.4 Å². The maximum absolute atomic E-state index is 12.9. The molecule has 2 aromatic carbocycles. The normalized spacial score (nSPS) is 13.7. The predicted octanol–water partition coefficient (Wildman–Crippen LogP) is 4.42. The molecule has 1 fully saturated rings. The molecule has 27 heavy (non-hydrogen) atoms. The fourth-order valence-electron chi connectivity index (χ4n) is 3.72. The van der Waals surface area contributed by atoms with Crippen LogP contribution in [0.15, 0.2) is 36.4 Å². The molecule has 1 heterocycles. The number of anilines is 1. The maximum Gasteiger partial charge on any atom is 0.256 e. The summed E-state index contributed by atoms with van der Waals surface area (Å²) in [6, 6.07) is 11.9. The summed E-state index contributed by atoms with van der Waals surface area (Å²) in [5.41, 5.74) is 5.78. The first-order valence-electron chi connectivity index (χ1n) is 9.70. The Labute approximate surface area is 161 Å². The number of aryl methyl sites for hydroxylation is 4. The van der Waals surface area contributed by atoms with Crippen molar-refractivity contribution in [3.63, 3.8) is 0 Å². The Morgan fingerprint density at radius 2 is 1.74 bits per heavy atom. The highest BCUT2D eigenvalue weighted by Crippen LogP contribution is 2.24. The molecule has 0 radical (unpaired) electrons. The van der Waals surface area contributed by atoms with Gasteiger partial charge in [-0.05, 0) is 62.8 Å². The predicted molar refractivity (Wildman–Crippen MR) is 109 cm³/mol. The third-order valence-corrected chi connectivity index (χ3v) is 5.27. The standard InChI is InChI=1S/C23H28N2O2/c1-16-9-10-19(18(3)15-16)11-12-21(26)24-20-8-6-7-17(2)22(20)23(27)25-13-4-5-14-25/h6-10,15H,4-5,11-14H2,1-3H3,(H,24,26). The number of carbonyl (C=O) groups is 2. The molecular formula is C23H28N2O2. The van der Waals surface area contributed by atoms with Crippen molar-refractivity contribution < 1.29 is 9.59 Å². The van der Waals surface area contributed by atoms with Crippen LogP contribution >= 0.6 is 0 Å². The second-order valence-electron chi connectivity index (χ2n) is 7.47. The minimum absolute atomic E-state index is 0.0234. The molecule has 4 nitrogen and oxygen atoms in total. The van der Waals surface area contributed by atoms with Gasteiger partial charge in [-0.15, -0.1) is 0 Å². The molecule has 0 unspecified atom stereocenters. The van der Waals surface area contributed by atoms with Gasteiger partial charge in [-0.25, -0.2) is 0 Å². The van der Waals surface area contributed by atoms with Crippen molar-refractivity contribution in [1.82, 2.24) is 4.90 Å². The Balaban J connectivity index is 1.70. The van der Waals surface area contributed by atoms with E-state index in [1.165, 1.54) is 16.7 Å². The molecule has 1 aliphatic rings. The van der Waals surface area contributed by atoms with E-state index in [0.29, 0.717) is 24.1 Å². The first-order valence-corrected chi connectivity index (χ1v) is 9.70. The number of carbonyl (C=O) groups excluding carboxylic acids is 2. The van der Waals surface area contributed by atoms with Gasteiger partial charge >= 0.3 is 0 Å². The van der Waals surface area contributed by atoms with Crippen molar-refractivity contribution in [3.05, 3.63) is 64.2 Å². The number of nitrogens with one attached hydrogen (secondary N) is 1. The quantitative estimate of drug-likeness (QED) is 0.854. The monoisotopic (exact) mass is 364 g/mol. The van der Waals surface area contributed by atoms with E-state index < -0.39 is 0 Å². The number of amides is 2. The van der Waals surface area contributed by atoms with Crippen molar-refractivity contribution in [3.8, 4) is 0 Å². The van der Waals surface area contributed by atoms with Gasteiger partial charge in [-0.3, -0.25) is 9.59 Å². The zero-order chi connectivity index (χ0) is 19.4. The van der Waals surface area contributed by atoms with Crippen LogP contribution in [0.25, 0.3) is 0 Å². The topological polar surface area (TPSA) is 49.4 Å². The van der Waals surface area contributed by atoms with Crippen molar-refractivity contribution in [2.24, 2.45) is 0 Å². The van der Waals surface area contributed by atoms with Crippen LogP contribution in [0.5, 0.6) is 0 Å². The number of likely N-dealkylation sites (tertiary alicyclic amines) is 1. The summed E-state index contributed by atoms with van der Waals surface area (Å²) in [5.74, 6) is -0.0358. The smallest absolute Gasteiger partial charge is 0.256 e. The summed E-state index contributed by atoms with van der Waals surface area (Å²) in [7, 11) is 0. The lowest BCUT2D eigenvalue weighted by Gasteiger charge is -2.19. The average molecular weight is 364 g/mol. The highest BCUT2D eigenvalue weighted by Gasteiger charge is 2.24. The van der Waals surface area contributed by atoms with Gasteiger partial charge in [-0.2, -0.15) is 0 Å². The van der Waals surface area contributed by atoms with Gasteiger partial charge in [0.25, 0.3) is 5.91 Å². The fraction of sp³-hybridized carbons (Fsp3) is 0.391. The molecule has 0 saturated carbocycles. The Bertz CT molecular complexity index is 851. The third kappa shape index (κ3) is 4.57. The molecule has 0 aliphatic carbocycles. The largest absolute Gasteiger partial charge is 0.339 e. The molecule has 142 valence electrons. The lowest BCUT2D eigenvalue weighted by Crippen LogP contribution is -2.29. The van der Waals surface area contributed by atoms with Crippen LogP contribution in [0.4, 0.5) is 5.69 Å². The SMILES string of the molecule is Cc1ccc(CCC(=O)Nc2cccc(C)c2C(=O)N2CCCC2)c(C)c1. The summed E-state index contributed by atoms with van der Waals surface area (Å²) >= 11 is 0. The Morgan fingerprint density at radius 3 is 2.44 bits per heavy atom. The van der Waals surface area contributed by atoms with Crippen molar-refractivity contribution in [2.75, 3.05) is 18.4 Å². The highest BCUT2D eigenvalue weighted by atomic mass is 16.2. The molecule has 0 aromatic heterocycles. The minimum atomic E-state index is -0.0592. The molecule has 0 bridgehead atoms. The molecule has 1 aliphatic heterocycles. The first kappa shape index (κ1) is 19.2. The lowest BCUT2D eigenvalue weighted by atomic mass is 10.0. The molecule has 1 N–H and O–H groups in total. The van der Waals surface area contributed by atoms with E-state index in [-0.39, 0.29) is 11.8 Å². The van der Waals surface area contributed by atoms with Gasteiger partial charge < -0.3 is 10.2 Å². The second-order valence-corrected chi connectivity index (χ2v) is 7.47. The molecule has 2 amide bonds. The number of hydrogen-bond donors (Lipinski definition) is 1. The fourth-order valence-corrected chi connectivity index (χ4v) is 3.72. The molecule has 2 aromatic rings. The Morgan fingerprint density at radius 1 is 1.00 bits per heavy atom. The lowest BCUT2D eigenvalue weighted by molar-refractivity contribution is -0.116. The maximum atomic E-state index is 12.9. The number of rotatable bonds is 5. The van der Waals surface area contributed by atoms with Crippen LogP contribution in [-0.2, 0) is 11.2 Å². The van der Waals surface area contributed by atoms with E-state index in [9.17, 15) is 9.59 Å².